The maximum absolute atomic E-state index is 11.9. The standard InChI is InChI=1S/C15H25N5O2/c1-3-7-17-13-12(16)14(19-10-18-13)20-8-5-6-11(9-20)15(21)22-4-2/h10-11H,3-9,16H2,1-2H3,(H,17,18,19). The van der Waals surface area contributed by atoms with Crippen LogP contribution in [0.1, 0.15) is 33.1 Å². The zero-order chi connectivity index (χ0) is 15.9. The Morgan fingerprint density at radius 2 is 2.32 bits per heavy atom. The van der Waals surface area contributed by atoms with Crippen molar-refractivity contribution < 1.29 is 9.53 Å². The van der Waals surface area contributed by atoms with E-state index in [1.165, 1.54) is 6.33 Å². The average molecular weight is 307 g/mol. The molecule has 7 nitrogen and oxygen atoms in total. The summed E-state index contributed by atoms with van der Waals surface area (Å²) in [5, 5.41) is 3.20. The monoisotopic (exact) mass is 307 g/mol. The summed E-state index contributed by atoms with van der Waals surface area (Å²) in [6, 6.07) is 0. The van der Waals surface area contributed by atoms with Crippen LogP contribution < -0.4 is 16.0 Å². The van der Waals surface area contributed by atoms with Crippen LogP contribution in [0.4, 0.5) is 17.3 Å². The first-order chi connectivity index (χ1) is 10.7. The molecule has 2 heterocycles. The lowest BCUT2D eigenvalue weighted by Gasteiger charge is -2.33. The van der Waals surface area contributed by atoms with Crippen LogP contribution in [0.15, 0.2) is 6.33 Å². The Kier molecular flexibility index (Phi) is 5.80. The van der Waals surface area contributed by atoms with Crippen LogP contribution in [0.3, 0.4) is 0 Å². The fourth-order valence-electron chi connectivity index (χ4n) is 2.64. The Morgan fingerprint density at radius 3 is 3.05 bits per heavy atom. The van der Waals surface area contributed by atoms with Gasteiger partial charge in [-0.05, 0) is 26.2 Å². The molecular weight excluding hydrogens is 282 g/mol. The van der Waals surface area contributed by atoms with E-state index in [2.05, 4.69) is 27.1 Å². The van der Waals surface area contributed by atoms with E-state index in [0.29, 0.717) is 30.5 Å². The lowest BCUT2D eigenvalue weighted by atomic mass is 9.98. The Labute approximate surface area is 131 Å². The van der Waals surface area contributed by atoms with E-state index in [-0.39, 0.29) is 11.9 Å². The van der Waals surface area contributed by atoms with E-state index >= 15 is 0 Å². The van der Waals surface area contributed by atoms with Crippen molar-refractivity contribution in [3.05, 3.63) is 6.33 Å². The topological polar surface area (TPSA) is 93.4 Å². The molecule has 1 saturated heterocycles. The number of ether oxygens (including phenoxy) is 1. The van der Waals surface area contributed by atoms with Crippen molar-refractivity contribution in [1.82, 2.24) is 9.97 Å². The van der Waals surface area contributed by atoms with Crippen molar-refractivity contribution in [3.63, 3.8) is 0 Å². The molecule has 3 N–H and O–H groups in total. The summed E-state index contributed by atoms with van der Waals surface area (Å²) in [4.78, 5) is 22.5. The molecule has 1 atom stereocenters. The van der Waals surface area contributed by atoms with Crippen molar-refractivity contribution in [2.75, 3.05) is 42.2 Å². The van der Waals surface area contributed by atoms with Crippen molar-refractivity contribution in [2.24, 2.45) is 5.92 Å². The summed E-state index contributed by atoms with van der Waals surface area (Å²) < 4.78 is 5.13. The van der Waals surface area contributed by atoms with Crippen molar-refractivity contribution in [2.45, 2.75) is 33.1 Å². The molecule has 122 valence electrons. The van der Waals surface area contributed by atoms with Gasteiger partial charge in [0.05, 0.1) is 12.5 Å². The fraction of sp³-hybridized carbons (Fsp3) is 0.667. The maximum Gasteiger partial charge on any atom is 0.310 e. The van der Waals surface area contributed by atoms with Gasteiger partial charge in [-0.1, -0.05) is 6.92 Å². The molecule has 0 bridgehead atoms. The molecule has 0 aromatic carbocycles. The van der Waals surface area contributed by atoms with Crippen LogP contribution >= 0.6 is 0 Å². The number of hydrogen-bond donors (Lipinski definition) is 2. The molecule has 1 aromatic heterocycles. The normalized spacial score (nSPS) is 18.1. The number of nitrogens with one attached hydrogen (secondary N) is 1. The Bertz CT molecular complexity index is 509. The van der Waals surface area contributed by atoms with Gasteiger partial charge in [0.2, 0.25) is 0 Å². The fourth-order valence-corrected chi connectivity index (χ4v) is 2.64. The van der Waals surface area contributed by atoms with Crippen LogP contribution in [0.5, 0.6) is 0 Å². The third-order valence-electron chi connectivity index (χ3n) is 3.75. The molecule has 0 aliphatic carbocycles. The van der Waals surface area contributed by atoms with E-state index in [1.54, 1.807) is 0 Å². The molecular formula is C15H25N5O2. The molecule has 7 heteroatoms. The Balaban J connectivity index is 2.12. The van der Waals surface area contributed by atoms with Crippen LogP contribution in [-0.4, -0.2) is 42.2 Å². The summed E-state index contributed by atoms with van der Waals surface area (Å²) in [5.41, 5.74) is 6.73. The second-order valence-corrected chi connectivity index (χ2v) is 5.42. The predicted molar refractivity (Wildman–Crippen MR) is 86.8 cm³/mol. The Morgan fingerprint density at radius 1 is 1.50 bits per heavy atom. The van der Waals surface area contributed by atoms with E-state index in [1.807, 2.05) is 6.92 Å². The zero-order valence-electron chi connectivity index (χ0n) is 13.3. The molecule has 1 unspecified atom stereocenters. The number of rotatable bonds is 6. The molecule has 22 heavy (non-hydrogen) atoms. The van der Waals surface area contributed by atoms with Gasteiger partial charge in [0.15, 0.2) is 11.6 Å². The zero-order valence-corrected chi connectivity index (χ0v) is 13.3. The smallest absolute Gasteiger partial charge is 0.310 e. The largest absolute Gasteiger partial charge is 0.466 e. The predicted octanol–water partition coefficient (Wildman–Crippen LogP) is 1.66. The van der Waals surface area contributed by atoms with E-state index in [9.17, 15) is 4.79 Å². The van der Waals surface area contributed by atoms with Gasteiger partial charge >= 0.3 is 5.97 Å². The summed E-state index contributed by atoms with van der Waals surface area (Å²) >= 11 is 0. The molecule has 1 fully saturated rings. The molecule has 1 aromatic rings. The number of carbonyl (C=O) groups is 1. The van der Waals surface area contributed by atoms with Gasteiger partial charge in [0.25, 0.3) is 0 Å². The van der Waals surface area contributed by atoms with Gasteiger partial charge in [-0.2, -0.15) is 0 Å². The van der Waals surface area contributed by atoms with Crippen molar-refractivity contribution in [3.8, 4) is 0 Å². The first-order valence-electron chi connectivity index (χ1n) is 7.93. The highest BCUT2D eigenvalue weighted by molar-refractivity contribution is 5.77. The van der Waals surface area contributed by atoms with Crippen LogP contribution in [0.25, 0.3) is 0 Å². The molecule has 2 rings (SSSR count). The van der Waals surface area contributed by atoms with Gasteiger partial charge in [-0.3, -0.25) is 4.79 Å². The maximum atomic E-state index is 11.9. The van der Waals surface area contributed by atoms with E-state index < -0.39 is 0 Å². The minimum atomic E-state index is -0.135. The molecule has 1 aliphatic heterocycles. The highest BCUT2D eigenvalue weighted by Crippen LogP contribution is 2.30. The van der Waals surface area contributed by atoms with E-state index in [0.717, 1.165) is 32.4 Å². The lowest BCUT2D eigenvalue weighted by molar-refractivity contribution is -0.148. The number of anilines is 3. The molecule has 0 spiro atoms. The highest BCUT2D eigenvalue weighted by atomic mass is 16.5. The first-order valence-corrected chi connectivity index (χ1v) is 7.93. The Hall–Kier alpha value is -2.05. The van der Waals surface area contributed by atoms with Crippen molar-refractivity contribution in [1.29, 1.82) is 0 Å². The van der Waals surface area contributed by atoms with Gasteiger partial charge < -0.3 is 20.7 Å². The minimum Gasteiger partial charge on any atom is -0.466 e. The summed E-state index contributed by atoms with van der Waals surface area (Å²) in [6.45, 7) is 6.56. The SMILES string of the molecule is CCCNc1ncnc(N2CCCC(C(=O)OCC)C2)c1N. The number of nitrogens with two attached hydrogens (primary N) is 1. The summed E-state index contributed by atoms with van der Waals surface area (Å²) in [5.74, 6) is 1.10. The van der Waals surface area contributed by atoms with Crippen LogP contribution in [0.2, 0.25) is 0 Å². The van der Waals surface area contributed by atoms with Crippen molar-refractivity contribution >= 4 is 23.3 Å². The molecule has 0 radical (unpaired) electrons. The lowest BCUT2D eigenvalue weighted by Crippen LogP contribution is -2.40. The van der Waals surface area contributed by atoms with Crippen LogP contribution in [0, 0.1) is 5.92 Å². The second kappa shape index (κ2) is 7.82. The number of carbonyl (C=O) groups excluding carboxylic acids is 1. The van der Waals surface area contributed by atoms with Gasteiger partial charge in [0, 0.05) is 19.6 Å². The number of nitrogen functional groups attached to an aromatic ring is 1. The first kappa shape index (κ1) is 16.3. The third-order valence-corrected chi connectivity index (χ3v) is 3.75. The van der Waals surface area contributed by atoms with Gasteiger partial charge in [0.1, 0.15) is 12.0 Å². The number of piperidine rings is 1. The average Bonchev–Trinajstić information content (AvgIpc) is 2.54. The molecule has 0 saturated carbocycles. The van der Waals surface area contributed by atoms with E-state index in [4.69, 9.17) is 10.5 Å². The number of hydrogen-bond acceptors (Lipinski definition) is 7. The molecule has 1 aliphatic rings. The number of nitrogens with zero attached hydrogens (tertiary/aromatic N) is 3. The summed E-state index contributed by atoms with van der Waals surface area (Å²) in [6.07, 6.45) is 4.27. The van der Waals surface area contributed by atoms with Gasteiger partial charge in [-0.15, -0.1) is 0 Å². The highest BCUT2D eigenvalue weighted by Gasteiger charge is 2.28. The number of aromatic nitrogens is 2. The second-order valence-electron chi connectivity index (χ2n) is 5.42. The molecule has 0 amide bonds. The third kappa shape index (κ3) is 3.78. The minimum absolute atomic E-state index is 0.116. The van der Waals surface area contributed by atoms with Gasteiger partial charge in [-0.25, -0.2) is 9.97 Å². The van der Waals surface area contributed by atoms with Crippen LogP contribution in [-0.2, 0) is 9.53 Å². The quantitative estimate of drug-likeness (QED) is 0.772. The summed E-state index contributed by atoms with van der Waals surface area (Å²) in [7, 11) is 0. The number of esters is 1.